The Morgan fingerprint density at radius 1 is 0.927 bits per heavy atom. The summed E-state index contributed by atoms with van der Waals surface area (Å²) in [4.78, 5) is 24.6. The third kappa shape index (κ3) is 5.80. The first-order chi connectivity index (χ1) is 19.6. The number of carboxylic acid groups (broad SMARTS) is 1. The molecule has 11 heteroatoms. The van der Waals surface area contributed by atoms with Crippen molar-refractivity contribution in [1.82, 2.24) is 5.01 Å². The molecule has 1 unspecified atom stereocenters. The van der Waals surface area contributed by atoms with Crippen LogP contribution in [-0.2, 0) is 6.61 Å². The molecule has 1 N–H and O–H groups in total. The summed E-state index contributed by atoms with van der Waals surface area (Å²) < 4.78 is 62.3. The van der Waals surface area contributed by atoms with Crippen molar-refractivity contribution >= 4 is 28.7 Å². The molecule has 1 aliphatic rings. The predicted octanol–water partition coefficient (Wildman–Crippen LogP) is 7.08. The lowest BCUT2D eigenvalue weighted by Crippen LogP contribution is -2.28. The minimum atomic E-state index is -1.37. The summed E-state index contributed by atoms with van der Waals surface area (Å²) in [6.07, 6.45) is 0. The molecule has 6 nitrogen and oxygen atoms in total. The number of amides is 1. The lowest BCUT2D eigenvalue weighted by atomic mass is 10.1. The normalized spacial score (nSPS) is 14.6. The first-order valence-electron chi connectivity index (χ1n) is 12.2. The van der Waals surface area contributed by atoms with Gasteiger partial charge in [-0.1, -0.05) is 36.0 Å². The largest absolute Gasteiger partial charge is 0.489 e. The molecular formula is C30H20F4N2O4S. The van der Waals surface area contributed by atoms with Crippen LogP contribution in [0.4, 0.5) is 17.6 Å². The molecule has 41 heavy (non-hydrogen) atoms. The van der Waals surface area contributed by atoms with E-state index in [9.17, 15) is 27.2 Å². The molecule has 0 bridgehead atoms. The van der Waals surface area contributed by atoms with E-state index in [1.807, 2.05) is 0 Å². The van der Waals surface area contributed by atoms with Crippen molar-refractivity contribution in [3.05, 3.63) is 136 Å². The zero-order chi connectivity index (χ0) is 29.3. The highest BCUT2D eigenvalue weighted by Crippen LogP contribution is 2.45. The SMILES string of the molecule is Cc1c(OCc2ccc(C(=O)O)cc2)cccc1C1SC(c2ccc(F)cc2)=NN1C(=O)c1c(F)cc(F)cc1F. The number of hydrazone groups is 1. The van der Waals surface area contributed by atoms with Crippen molar-refractivity contribution in [1.29, 1.82) is 0 Å². The number of carboxylic acids is 1. The molecule has 0 fully saturated rings. The van der Waals surface area contributed by atoms with Gasteiger partial charge in [0.15, 0.2) is 0 Å². The Hall–Kier alpha value is -4.64. The Balaban J connectivity index is 1.48. The quantitative estimate of drug-likeness (QED) is 0.237. The maximum Gasteiger partial charge on any atom is 0.335 e. The van der Waals surface area contributed by atoms with Crippen LogP contribution in [0.15, 0.2) is 84.0 Å². The van der Waals surface area contributed by atoms with E-state index in [1.54, 1.807) is 37.3 Å². The first kappa shape index (κ1) is 27.9. The van der Waals surface area contributed by atoms with Crippen LogP contribution < -0.4 is 4.74 Å². The summed E-state index contributed by atoms with van der Waals surface area (Å²) >= 11 is 1.11. The van der Waals surface area contributed by atoms with E-state index in [1.165, 1.54) is 36.4 Å². The van der Waals surface area contributed by atoms with Crippen LogP contribution in [0.1, 0.15) is 48.3 Å². The maximum atomic E-state index is 14.6. The van der Waals surface area contributed by atoms with Gasteiger partial charge in [-0.25, -0.2) is 27.4 Å². The third-order valence-electron chi connectivity index (χ3n) is 6.35. The van der Waals surface area contributed by atoms with Gasteiger partial charge in [0.05, 0.1) is 5.56 Å². The predicted molar refractivity (Wildman–Crippen MR) is 145 cm³/mol. The highest BCUT2D eigenvalue weighted by atomic mass is 32.2. The molecule has 0 aliphatic carbocycles. The molecule has 0 radical (unpaired) electrons. The number of carbonyl (C=O) groups is 2. The number of hydrogen-bond donors (Lipinski definition) is 1. The van der Waals surface area contributed by atoms with Gasteiger partial charge in [0.1, 0.15) is 51.6 Å². The Bertz CT molecular complexity index is 1650. The van der Waals surface area contributed by atoms with Crippen molar-refractivity contribution < 1.29 is 37.0 Å². The molecule has 0 saturated carbocycles. The Morgan fingerprint density at radius 2 is 1.59 bits per heavy atom. The number of rotatable bonds is 7. The second kappa shape index (κ2) is 11.5. The Kier molecular flexibility index (Phi) is 7.80. The number of thioether (sulfide) groups is 1. The molecule has 0 spiro atoms. The van der Waals surface area contributed by atoms with Crippen LogP contribution in [0.25, 0.3) is 0 Å². The van der Waals surface area contributed by atoms with Crippen LogP contribution in [0.2, 0.25) is 0 Å². The van der Waals surface area contributed by atoms with Crippen LogP contribution in [-0.4, -0.2) is 27.0 Å². The number of benzene rings is 4. The molecule has 4 aromatic carbocycles. The summed E-state index contributed by atoms with van der Waals surface area (Å²) in [7, 11) is 0. The van der Waals surface area contributed by atoms with E-state index in [-0.39, 0.29) is 12.2 Å². The van der Waals surface area contributed by atoms with Crippen molar-refractivity contribution in [3.63, 3.8) is 0 Å². The summed E-state index contributed by atoms with van der Waals surface area (Å²) in [5.41, 5.74) is 1.53. The molecule has 1 atom stereocenters. The first-order valence-corrected chi connectivity index (χ1v) is 13.0. The number of halogens is 4. The topological polar surface area (TPSA) is 79.2 Å². The molecule has 5 rings (SSSR count). The highest BCUT2D eigenvalue weighted by Gasteiger charge is 2.38. The van der Waals surface area contributed by atoms with E-state index in [0.717, 1.165) is 22.3 Å². The molecule has 1 heterocycles. The van der Waals surface area contributed by atoms with Gasteiger partial charge in [0.2, 0.25) is 0 Å². The average Bonchev–Trinajstić information content (AvgIpc) is 3.38. The summed E-state index contributed by atoms with van der Waals surface area (Å²) in [5, 5.41) is 13.7. The highest BCUT2D eigenvalue weighted by molar-refractivity contribution is 8.14. The third-order valence-corrected chi connectivity index (χ3v) is 7.57. The van der Waals surface area contributed by atoms with Gasteiger partial charge < -0.3 is 9.84 Å². The fraction of sp³-hybridized carbons (Fsp3) is 0.100. The number of aromatic carboxylic acids is 1. The number of hydrogen-bond acceptors (Lipinski definition) is 5. The summed E-state index contributed by atoms with van der Waals surface area (Å²) in [6.45, 7) is 1.87. The van der Waals surface area contributed by atoms with Gasteiger partial charge in [-0.15, -0.1) is 0 Å². The molecule has 0 saturated heterocycles. The number of carbonyl (C=O) groups excluding carboxylic acids is 1. The smallest absolute Gasteiger partial charge is 0.335 e. The minimum absolute atomic E-state index is 0.119. The summed E-state index contributed by atoms with van der Waals surface area (Å²) in [5.74, 6) is -6.11. The average molecular weight is 581 g/mol. The van der Waals surface area contributed by atoms with Gasteiger partial charge in [0, 0.05) is 17.7 Å². The van der Waals surface area contributed by atoms with Crippen molar-refractivity contribution in [3.8, 4) is 5.75 Å². The molecule has 1 aliphatic heterocycles. The number of ether oxygens (including phenoxy) is 1. The molecule has 208 valence electrons. The number of nitrogens with zero attached hydrogens (tertiary/aromatic N) is 2. The van der Waals surface area contributed by atoms with Gasteiger partial charge in [0.25, 0.3) is 5.91 Å². The molecule has 1 amide bonds. The standard InChI is InChI=1S/C30H20F4N2O4S/c1-16-22(3-2-4-25(16)40-15-17-5-7-19(8-6-17)30(38)39)29-36(28(37)26-23(33)13-21(32)14-24(26)34)35-27(41-29)18-9-11-20(31)12-10-18/h2-14,29H,15H2,1H3,(H,38,39). The Labute approximate surface area is 235 Å². The van der Waals surface area contributed by atoms with E-state index in [0.29, 0.717) is 39.6 Å². The van der Waals surface area contributed by atoms with Gasteiger partial charge in [-0.3, -0.25) is 4.79 Å². The van der Waals surface area contributed by atoms with Gasteiger partial charge in [-0.2, -0.15) is 5.10 Å². The van der Waals surface area contributed by atoms with Crippen LogP contribution in [0.3, 0.4) is 0 Å². The van der Waals surface area contributed by atoms with E-state index >= 15 is 0 Å². The summed E-state index contributed by atoms with van der Waals surface area (Å²) in [6, 6.07) is 17.5. The molecule has 4 aromatic rings. The Morgan fingerprint density at radius 3 is 2.22 bits per heavy atom. The maximum absolute atomic E-state index is 14.6. The van der Waals surface area contributed by atoms with Gasteiger partial charge >= 0.3 is 5.97 Å². The monoisotopic (exact) mass is 580 g/mol. The van der Waals surface area contributed by atoms with Crippen LogP contribution in [0, 0.1) is 30.2 Å². The zero-order valence-corrected chi connectivity index (χ0v) is 22.1. The molecular weight excluding hydrogens is 560 g/mol. The zero-order valence-electron chi connectivity index (χ0n) is 21.3. The van der Waals surface area contributed by atoms with E-state index < -0.39 is 46.1 Å². The van der Waals surface area contributed by atoms with Crippen molar-refractivity contribution in [2.24, 2.45) is 5.10 Å². The lowest BCUT2D eigenvalue weighted by molar-refractivity contribution is 0.0695. The van der Waals surface area contributed by atoms with Gasteiger partial charge in [-0.05, 0) is 66.1 Å². The lowest BCUT2D eigenvalue weighted by Gasteiger charge is -2.24. The van der Waals surface area contributed by atoms with E-state index in [4.69, 9.17) is 9.84 Å². The second-order valence-electron chi connectivity index (χ2n) is 9.04. The van der Waals surface area contributed by atoms with Crippen LogP contribution >= 0.6 is 11.8 Å². The van der Waals surface area contributed by atoms with Crippen molar-refractivity contribution in [2.75, 3.05) is 0 Å². The molecule has 0 aromatic heterocycles. The van der Waals surface area contributed by atoms with Crippen LogP contribution in [0.5, 0.6) is 5.75 Å². The second-order valence-corrected chi connectivity index (χ2v) is 10.1. The fourth-order valence-corrected chi connectivity index (χ4v) is 5.46. The fourth-order valence-electron chi connectivity index (χ4n) is 4.22. The van der Waals surface area contributed by atoms with E-state index in [2.05, 4.69) is 5.10 Å². The van der Waals surface area contributed by atoms with Crippen molar-refractivity contribution in [2.45, 2.75) is 18.9 Å². The minimum Gasteiger partial charge on any atom is -0.489 e.